The van der Waals surface area contributed by atoms with Crippen molar-refractivity contribution in [2.75, 3.05) is 0 Å². The van der Waals surface area contributed by atoms with Crippen LogP contribution in [0, 0.1) is 0 Å². The van der Waals surface area contributed by atoms with Crippen LogP contribution in [0.3, 0.4) is 0 Å². The van der Waals surface area contributed by atoms with Crippen molar-refractivity contribution < 1.29 is 3.79 Å². The summed E-state index contributed by atoms with van der Waals surface area (Å²) in [6.45, 7) is 0. The van der Waals surface area contributed by atoms with Crippen LogP contribution >= 0.6 is 0 Å². The average molecular weight is 212 g/mol. The maximum absolute atomic E-state index is 5.66. The van der Waals surface area contributed by atoms with Crippen molar-refractivity contribution in [3.8, 4) is 0 Å². The molecule has 2 aromatic carbocycles. The Bertz CT molecular complexity index is 360. The summed E-state index contributed by atoms with van der Waals surface area (Å²) in [4.78, 5) is 0. The zero-order valence-corrected chi connectivity index (χ0v) is 10.8. The van der Waals surface area contributed by atoms with Crippen molar-refractivity contribution in [2.24, 2.45) is 0 Å². The summed E-state index contributed by atoms with van der Waals surface area (Å²) in [5.41, 5.74) is 2.44. The summed E-state index contributed by atoms with van der Waals surface area (Å²) in [5, 5.41) is 0. The Hall–Kier alpha value is -1.07. The molecule has 2 aromatic rings. The van der Waals surface area contributed by atoms with Gasteiger partial charge in [-0.15, -0.1) is 0 Å². The Labute approximate surface area is 98.5 Å². The summed E-state index contributed by atoms with van der Waals surface area (Å²) < 4.78 is 5.66. The van der Waals surface area contributed by atoms with Crippen LogP contribution in [0.5, 0.6) is 0 Å². The summed E-state index contributed by atoms with van der Waals surface area (Å²) >= 11 is 0.742. The maximum Gasteiger partial charge on any atom is 0.411 e. The normalized spacial score (nSPS) is 10.5. The van der Waals surface area contributed by atoms with Gasteiger partial charge in [0.2, 0.25) is 0 Å². The standard InChI is InChI=1S/C13H11O.Al.2H/c14-13(11-7-3-1-4-8-11)12-9-5-2-6-10-12;;;/h1-10,13H;;;/q-1;+1;;. The summed E-state index contributed by atoms with van der Waals surface area (Å²) in [6.07, 6.45) is 0.0964. The van der Waals surface area contributed by atoms with Crippen LogP contribution in [-0.2, 0) is 3.79 Å². The third-order valence-corrected chi connectivity index (χ3v) is 2.91. The Kier molecular flexibility index (Phi) is 3.58. The molecule has 1 nitrogen and oxygen atoms in total. The van der Waals surface area contributed by atoms with Gasteiger partial charge in [0.05, 0.1) is 6.10 Å². The summed E-state index contributed by atoms with van der Waals surface area (Å²) in [5.74, 6) is 0. The fraction of sp³-hybridized carbons (Fsp3) is 0.0769. The molecule has 0 saturated carbocycles. The van der Waals surface area contributed by atoms with E-state index in [1.807, 2.05) is 36.4 Å². The highest BCUT2D eigenvalue weighted by molar-refractivity contribution is 5.98. The highest BCUT2D eigenvalue weighted by atomic mass is 27.1. The zero-order chi connectivity index (χ0) is 10.5. The van der Waals surface area contributed by atoms with E-state index in [2.05, 4.69) is 24.3 Å². The molecule has 2 rings (SSSR count). The topological polar surface area (TPSA) is 9.23 Å². The second kappa shape index (κ2) is 5.14. The third-order valence-electron chi connectivity index (χ3n) is 2.44. The Morgan fingerprint density at radius 3 is 1.47 bits per heavy atom. The molecule has 15 heavy (non-hydrogen) atoms. The van der Waals surface area contributed by atoms with Gasteiger partial charge in [-0.1, -0.05) is 60.7 Å². The molecule has 0 aliphatic heterocycles. The highest BCUT2D eigenvalue weighted by Crippen LogP contribution is 2.24. The lowest BCUT2D eigenvalue weighted by atomic mass is 10.0. The van der Waals surface area contributed by atoms with E-state index >= 15 is 0 Å². The molecule has 0 heterocycles. The Morgan fingerprint density at radius 2 is 1.13 bits per heavy atom. The fourth-order valence-corrected chi connectivity index (χ4v) is 2.26. The minimum Gasteiger partial charge on any atom is -0.497 e. The molecule has 0 unspecified atom stereocenters. The van der Waals surface area contributed by atoms with E-state index in [0.717, 1.165) is 16.6 Å². The molecular formula is C13H13AlO. The van der Waals surface area contributed by atoms with Gasteiger partial charge in [0.15, 0.2) is 0 Å². The molecule has 0 aliphatic carbocycles. The first-order valence-electron chi connectivity index (χ1n) is 5.04. The first-order chi connectivity index (χ1) is 7.42. The van der Waals surface area contributed by atoms with Gasteiger partial charge in [-0.05, 0) is 11.1 Å². The van der Waals surface area contributed by atoms with Gasteiger partial charge >= 0.3 is 16.6 Å². The van der Waals surface area contributed by atoms with Crippen molar-refractivity contribution in [3.05, 3.63) is 71.8 Å². The SMILES string of the molecule is [AlH2][O]C(c1ccccc1)c1ccccc1. The number of hydrogen-bond acceptors (Lipinski definition) is 1. The molecular weight excluding hydrogens is 199 g/mol. The minimum atomic E-state index is 0.0964. The molecule has 0 amide bonds. The van der Waals surface area contributed by atoms with Crippen LogP contribution in [0.15, 0.2) is 60.7 Å². The fourth-order valence-electron chi connectivity index (χ4n) is 1.72. The van der Waals surface area contributed by atoms with Gasteiger partial charge in [0.1, 0.15) is 0 Å². The monoisotopic (exact) mass is 212 g/mol. The maximum atomic E-state index is 5.66. The first-order valence-corrected chi connectivity index (χ1v) is 5.86. The van der Waals surface area contributed by atoms with Crippen LogP contribution in [-0.4, -0.2) is 16.6 Å². The van der Waals surface area contributed by atoms with Crippen molar-refractivity contribution >= 4 is 16.6 Å². The van der Waals surface area contributed by atoms with Crippen LogP contribution in [0.2, 0.25) is 0 Å². The van der Waals surface area contributed by atoms with Crippen LogP contribution in [0.1, 0.15) is 17.2 Å². The minimum absolute atomic E-state index is 0.0964. The Morgan fingerprint density at radius 1 is 0.733 bits per heavy atom. The van der Waals surface area contributed by atoms with E-state index in [0.29, 0.717) is 0 Å². The molecule has 0 atom stereocenters. The van der Waals surface area contributed by atoms with Gasteiger partial charge in [0.25, 0.3) is 0 Å². The molecule has 2 heteroatoms. The van der Waals surface area contributed by atoms with Crippen molar-refractivity contribution in [2.45, 2.75) is 6.10 Å². The van der Waals surface area contributed by atoms with E-state index in [4.69, 9.17) is 3.79 Å². The van der Waals surface area contributed by atoms with Gasteiger partial charge in [-0.2, -0.15) is 0 Å². The quantitative estimate of drug-likeness (QED) is 0.709. The van der Waals surface area contributed by atoms with E-state index in [1.165, 1.54) is 11.1 Å². The molecule has 0 spiro atoms. The Balaban J connectivity index is 2.34. The molecule has 0 bridgehead atoms. The lowest BCUT2D eigenvalue weighted by molar-refractivity contribution is 0.273. The number of hydrogen-bond donors (Lipinski definition) is 0. The predicted molar refractivity (Wildman–Crippen MR) is 64.4 cm³/mol. The van der Waals surface area contributed by atoms with E-state index in [9.17, 15) is 0 Å². The summed E-state index contributed by atoms with van der Waals surface area (Å²) in [7, 11) is 0. The van der Waals surface area contributed by atoms with Gasteiger partial charge in [-0.3, -0.25) is 0 Å². The molecule has 0 aromatic heterocycles. The lowest BCUT2D eigenvalue weighted by Crippen LogP contribution is -2.03. The van der Waals surface area contributed by atoms with Crippen LogP contribution in [0.25, 0.3) is 0 Å². The van der Waals surface area contributed by atoms with E-state index < -0.39 is 0 Å². The van der Waals surface area contributed by atoms with E-state index in [-0.39, 0.29) is 6.10 Å². The average Bonchev–Trinajstić information content (AvgIpc) is 2.33. The van der Waals surface area contributed by atoms with Crippen molar-refractivity contribution in [3.63, 3.8) is 0 Å². The highest BCUT2D eigenvalue weighted by Gasteiger charge is 2.10. The second-order valence-corrected chi connectivity index (χ2v) is 3.91. The van der Waals surface area contributed by atoms with Crippen molar-refractivity contribution in [1.82, 2.24) is 0 Å². The van der Waals surface area contributed by atoms with Gasteiger partial charge in [0, 0.05) is 0 Å². The van der Waals surface area contributed by atoms with Crippen LogP contribution < -0.4 is 0 Å². The van der Waals surface area contributed by atoms with Gasteiger partial charge in [-0.25, -0.2) is 0 Å². The lowest BCUT2D eigenvalue weighted by Gasteiger charge is -2.17. The van der Waals surface area contributed by atoms with E-state index in [1.54, 1.807) is 0 Å². The molecule has 74 valence electrons. The molecule has 0 aliphatic rings. The number of rotatable bonds is 3. The smallest absolute Gasteiger partial charge is 0.411 e. The summed E-state index contributed by atoms with van der Waals surface area (Å²) in [6, 6.07) is 20.7. The number of benzene rings is 2. The predicted octanol–water partition coefficient (Wildman–Crippen LogP) is 2.34. The van der Waals surface area contributed by atoms with Crippen molar-refractivity contribution in [1.29, 1.82) is 0 Å². The molecule has 0 radical (unpaired) electrons. The largest absolute Gasteiger partial charge is 0.497 e. The molecule has 0 fully saturated rings. The van der Waals surface area contributed by atoms with Crippen LogP contribution in [0.4, 0.5) is 0 Å². The second-order valence-electron chi connectivity index (χ2n) is 3.44. The zero-order valence-electron chi connectivity index (χ0n) is 8.76. The third kappa shape index (κ3) is 2.49. The molecule has 0 saturated heterocycles. The molecule has 0 N–H and O–H groups in total. The van der Waals surface area contributed by atoms with Gasteiger partial charge < -0.3 is 3.79 Å². The first kappa shape index (κ1) is 10.5.